The molecule has 27 heavy (non-hydrogen) atoms. The lowest BCUT2D eigenvalue weighted by atomic mass is 9.85. The zero-order valence-corrected chi connectivity index (χ0v) is 16.2. The summed E-state index contributed by atoms with van der Waals surface area (Å²) in [4.78, 5) is 37.8. The molecule has 6 heteroatoms. The minimum Gasteiger partial charge on any atom is -0.469 e. The summed E-state index contributed by atoms with van der Waals surface area (Å²) < 4.78 is 15.2. The number of aryl methyl sites for hydroxylation is 1. The van der Waals surface area contributed by atoms with Crippen molar-refractivity contribution in [1.82, 2.24) is 0 Å². The van der Waals surface area contributed by atoms with Gasteiger partial charge in [-0.1, -0.05) is 35.9 Å². The molecule has 1 atom stereocenters. The number of ether oxygens (including phenoxy) is 3. The largest absolute Gasteiger partial charge is 0.469 e. The first-order valence-electron chi connectivity index (χ1n) is 9.08. The van der Waals surface area contributed by atoms with E-state index in [1.54, 1.807) is 13.8 Å². The van der Waals surface area contributed by atoms with Gasteiger partial charge in [-0.2, -0.15) is 0 Å². The average molecular weight is 374 g/mol. The van der Waals surface area contributed by atoms with Crippen molar-refractivity contribution in [3.8, 4) is 0 Å². The highest BCUT2D eigenvalue weighted by Gasteiger charge is 2.57. The van der Waals surface area contributed by atoms with Gasteiger partial charge in [0.05, 0.1) is 26.2 Å². The van der Waals surface area contributed by atoms with Crippen LogP contribution < -0.4 is 0 Å². The van der Waals surface area contributed by atoms with Gasteiger partial charge >= 0.3 is 17.9 Å². The predicted octanol–water partition coefficient (Wildman–Crippen LogP) is 3.07. The summed E-state index contributed by atoms with van der Waals surface area (Å²) in [5.41, 5.74) is 1.08. The van der Waals surface area contributed by atoms with Crippen molar-refractivity contribution >= 4 is 24.0 Å². The molecule has 1 fully saturated rings. The number of carbonyl (C=O) groups excluding carboxylic acids is 3. The van der Waals surface area contributed by atoms with E-state index in [-0.39, 0.29) is 26.1 Å². The third-order valence-corrected chi connectivity index (χ3v) is 4.85. The highest BCUT2D eigenvalue weighted by atomic mass is 16.6. The van der Waals surface area contributed by atoms with Crippen LogP contribution in [0.1, 0.15) is 37.8 Å². The van der Waals surface area contributed by atoms with Crippen LogP contribution in [0, 0.1) is 18.3 Å². The monoisotopic (exact) mass is 374 g/mol. The summed E-state index contributed by atoms with van der Waals surface area (Å²) in [6, 6.07) is 7.70. The Bertz CT molecular complexity index is 731. The van der Waals surface area contributed by atoms with Crippen molar-refractivity contribution in [2.75, 3.05) is 20.3 Å². The molecule has 1 unspecified atom stereocenters. The lowest BCUT2D eigenvalue weighted by molar-refractivity contribution is -0.171. The van der Waals surface area contributed by atoms with Gasteiger partial charge in [0, 0.05) is 0 Å². The first-order chi connectivity index (χ1) is 12.9. The van der Waals surface area contributed by atoms with Crippen molar-refractivity contribution in [3.63, 3.8) is 0 Å². The van der Waals surface area contributed by atoms with E-state index in [2.05, 4.69) is 0 Å². The number of benzene rings is 1. The summed E-state index contributed by atoms with van der Waals surface area (Å²) in [5.74, 6) is -2.51. The molecular weight excluding hydrogens is 348 g/mol. The number of carbonyl (C=O) groups is 3. The fourth-order valence-corrected chi connectivity index (χ4v) is 3.43. The summed E-state index contributed by atoms with van der Waals surface area (Å²) in [7, 11) is 1.29. The molecule has 146 valence electrons. The molecule has 1 aliphatic carbocycles. The molecule has 0 spiro atoms. The molecule has 0 N–H and O–H groups in total. The van der Waals surface area contributed by atoms with Gasteiger partial charge in [-0.25, -0.2) is 0 Å². The summed E-state index contributed by atoms with van der Waals surface area (Å²) in [6.07, 6.45) is 1.91. The number of hydrogen-bond acceptors (Lipinski definition) is 6. The SMILES string of the molecule is CCOC(=O)C1(C(=O)OCC)C/C(=C\c2ccccc2C)C(C(=O)OC)C1. The van der Waals surface area contributed by atoms with Crippen LogP contribution in [0.2, 0.25) is 0 Å². The predicted molar refractivity (Wildman–Crippen MR) is 99.6 cm³/mol. The molecule has 6 nitrogen and oxygen atoms in total. The van der Waals surface area contributed by atoms with Crippen LogP contribution in [0.5, 0.6) is 0 Å². The molecule has 1 aromatic carbocycles. The number of esters is 3. The van der Waals surface area contributed by atoms with Crippen LogP contribution in [0.15, 0.2) is 29.8 Å². The van der Waals surface area contributed by atoms with Crippen LogP contribution in [-0.4, -0.2) is 38.2 Å². The van der Waals surface area contributed by atoms with E-state index in [0.29, 0.717) is 5.57 Å². The maximum atomic E-state index is 12.7. The molecule has 0 amide bonds. The molecular formula is C21H26O6. The number of methoxy groups -OCH3 is 1. The highest BCUT2D eigenvalue weighted by molar-refractivity contribution is 6.02. The average Bonchev–Trinajstić information content (AvgIpc) is 3.04. The number of hydrogen-bond donors (Lipinski definition) is 0. The molecule has 0 aliphatic heterocycles. The van der Waals surface area contributed by atoms with E-state index in [9.17, 15) is 14.4 Å². The Morgan fingerprint density at radius 1 is 1.11 bits per heavy atom. The second-order valence-electron chi connectivity index (χ2n) is 6.56. The third kappa shape index (κ3) is 4.21. The Hall–Kier alpha value is -2.63. The van der Waals surface area contributed by atoms with Gasteiger partial charge < -0.3 is 14.2 Å². The van der Waals surface area contributed by atoms with Crippen LogP contribution in [-0.2, 0) is 28.6 Å². The third-order valence-electron chi connectivity index (χ3n) is 4.85. The quantitative estimate of drug-likeness (QED) is 0.433. The Labute approximate surface area is 159 Å². The standard InChI is InChI=1S/C21H26O6/c1-5-26-19(23)21(20(24)27-6-2)12-16(17(13-21)18(22)25-4)11-15-10-8-7-9-14(15)3/h7-11,17H,5-6,12-13H2,1-4H3/b16-11+. The van der Waals surface area contributed by atoms with Crippen molar-refractivity contribution in [2.45, 2.75) is 33.6 Å². The minimum absolute atomic E-state index is 0.0188. The van der Waals surface area contributed by atoms with Gasteiger partial charge in [0.2, 0.25) is 0 Å². The van der Waals surface area contributed by atoms with E-state index < -0.39 is 29.2 Å². The van der Waals surface area contributed by atoms with Crippen molar-refractivity contribution in [1.29, 1.82) is 0 Å². The van der Waals surface area contributed by atoms with Gasteiger partial charge in [0.25, 0.3) is 0 Å². The second kappa shape index (κ2) is 8.84. The highest BCUT2D eigenvalue weighted by Crippen LogP contribution is 2.48. The van der Waals surface area contributed by atoms with Crippen LogP contribution in [0.3, 0.4) is 0 Å². The second-order valence-corrected chi connectivity index (χ2v) is 6.56. The first kappa shape index (κ1) is 20.7. The van der Waals surface area contributed by atoms with Crippen molar-refractivity contribution in [2.24, 2.45) is 11.3 Å². The zero-order valence-electron chi connectivity index (χ0n) is 16.2. The molecule has 0 heterocycles. The Morgan fingerprint density at radius 3 is 2.22 bits per heavy atom. The summed E-state index contributed by atoms with van der Waals surface area (Å²) >= 11 is 0. The van der Waals surface area contributed by atoms with Crippen LogP contribution in [0.4, 0.5) is 0 Å². The Morgan fingerprint density at radius 2 is 1.70 bits per heavy atom. The van der Waals surface area contributed by atoms with E-state index in [1.165, 1.54) is 7.11 Å². The molecule has 0 saturated heterocycles. The molecule has 0 aromatic heterocycles. The van der Waals surface area contributed by atoms with Crippen LogP contribution >= 0.6 is 0 Å². The van der Waals surface area contributed by atoms with E-state index >= 15 is 0 Å². The first-order valence-corrected chi connectivity index (χ1v) is 9.08. The van der Waals surface area contributed by atoms with Gasteiger partial charge in [-0.05, 0) is 44.7 Å². The van der Waals surface area contributed by atoms with E-state index in [1.807, 2.05) is 37.3 Å². The molecule has 0 bridgehead atoms. The topological polar surface area (TPSA) is 78.9 Å². The lowest BCUT2D eigenvalue weighted by Crippen LogP contribution is -2.40. The fraction of sp³-hybridized carbons (Fsp3) is 0.476. The zero-order chi connectivity index (χ0) is 20.0. The molecule has 1 aromatic rings. The fourth-order valence-electron chi connectivity index (χ4n) is 3.43. The van der Waals surface area contributed by atoms with E-state index in [4.69, 9.17) is 14.2 Å². The number of rotatable bonds is 6. The molecule has 1 saturated carbocycles. The lowest BCUT2D eigenvalue weighted by Gasteiger charge is -2.24. The van der Waals surface area contributed by atoms with Gasteiger partial charge in [-0.15, -0.1) is 0 Å². The molecule has 1 aliphatic rings. The van der Waals surface area contributed by atoms with E-state index in [0.717, 1.165) is 11.1 Å². The maximum absolute atomic E-state index is 12.7. The van der Waals surface area contributed by atoms with Crippen molar-refractivity contribution in [3.05, 3.63) is 41.0 Å². The Kier molecular flexibility index (Phi) is 6.77. The van der Waals surface area contributed by atoms with Gasteiger partial charge in [0.15, 0.2) is 5.41 Å². The van der Waals surface area contributed by atoms with Crippen LogP contribution in [0.25, 0.3) is 6.08 Å². The van der Waals surface area contributed by atoms with Gasteiger partial charge in [0.1, 0.15) is 0 Å². The Balaban J connectivity index is 2.52. The summed E-state index contributed by atoms with van der Waals surface area (Å²) in [6.45, 7) is 5.58. The smallest absolute Gasteiger partial charge is 0.323 e. The minimum atomic E-state index is -1.53. The molecule has 2 rings (SSSR count). The van der Waals surface area contributed by atoms with Crippen molar-refractivity contribution < 1.29 is 28.6 Å². The molecule has 0 radical (unpaired) electrons. The maximum Gasteiger partial charge on any atom is 0.323 e. The normalized spacial score (nSPS) is 19.6. The van der Waals surface area contributed by atoms with Gasteiger partial charge in [-0.3, -0.25) is 14.4 Å². The summed E-state index contributed by atoms with van der Waals surface area (Å²) in [5, 5.41) is 0.